The summed E-state index contributed by atoms with van der Waals surface area (Å²) in [4.78, 5) is 14.5. The Labute approximate surface area is 140 Å². The van der Waals surface area contributed by atoms with Crippen LogP contribution in [0.1, 0.15) is 50.7 Å². The van der Waals surface area contributed by atoms with Gasteiger partial charge in [0.25, 0.3) is 0 Å². The van der Waals surface area contributed by atoms with Crippen molar-refractivity contribution in [2.24, 2.45) is 11.8 Å². The highest BCUT2D eigenvalue weighted by Crippen LogP contribution is 2.30. The van der Waals surface area contributed by atoms with Crippen molar-refractivity contribution in [3.63, 3.8) is 0 Å². The van der Waals surface area contributed by atoms with E-state index < -0.39 is 0 Å². The second-order valence-corrected chi connectivity index (χ2v) is 7.63. The van der Waals surface area contributed by atoms with Crippen molar-refractivity contribution in [3.05, 3.63) is 29.3 Å². The van der Waals surface area contributed by atoms with Crippen LogP contribution in [0.25, 0.3) is 0 Å². The minimum atomic E-state index is 0.283. The quantitative estimate of drug-likeness (QED) is 0.921. The number of piperidine rings is 1. The van der Waals surface area contributed by atoms with Gasteiger partial charge in [0, 0.05) is 18.7 Å². The highest BCUT2D eigenvalue weighted by molar-refractivity contribution is 5.94. The van der Waals surface area contributed by atoms with E-state index >= 15 is 0 Å². The van der Waals surface area contributed by atoms with Crippen molar-refractivity contribution in [3.8, 4) is 0 Å². The van der Waals surface area contributed by atoms with Gasteiger partial charge in [-0.2, -0.15) is 0 Å². The zero-order valence-electron chi connectivity index (χ0n) is 14.6. The third-order valence-corrected chi connectivity index (χ3v) is 5.07. The van der Waals surface area contributed by atoms with Crippen LogP contribution in [-0.4, -0.2) is 25.5 Å². The summed E-state index contributed by atoms with van der Waals surface area (Å²) in [5.41, 5.74) is 3.97. The standard InChI is InChI=1S/C20H30N2O/c1-15(2)11-20(23)22-10-4-6-18-13-16(7-8-19(18)22)12-17-5-3-9-21-14-17/h7-8,13,15,17,21H,3-6,9-12,14H2,1-2H3. The Bertz CT molecular complexity index is 547. The second kappa shape index (κ2) is 7.48. The fourth-order valence-corrected chi connectivity index (χ4v) is 3.93. The molecule has 0 aliphatic carbocycles. The molecule has 1 N–H and O–H groups in total. The molecule has 2 heterocycles. The van der Waals surface area contributed by atoms with Crippen LogP contribution in [0.5, 0.6) is 0 Å². The number of rotatable bonds is 4. The van der Waals surface area contributed by atoms with E-state index in [9.17, 15) is 4.79 Å². The maximum Gasteiger partial charge on any atom is 0.227 e. The highest BCUT2D eigenvalue weighted by Gasteiger charge is 2.23. The molecular weight excluding hydrogens is 284 g/mol. The molecule has 1 saturated heterocycles. The fraction of sp³-hybridized carbons (Fsp3) is 0.650. The van der Waals surface area contributed by atoms with Gasteiger partial charge in [-0.3, -0.25) is 4.79 Å². The molecule has 3 rings (SSSR count). The van der Waals surface area contributed by atoms with E-state index in [0.717, 1.165) is 37.5 Å². The number of fused-ring (bicyclic) bond motifs is 1. The third-order valence-electron chi connectivity index (χ3n) is 5.07. The van der Waals surface area contributed by atoms with E-state index in [-0.39, 0.29) is 5.91 Å². The molecule has 3 heteroatoms. The summed E-state index contributed by atoms with van der Waals surface area (Å²) in [6.45, 7) is 7.43. The number of nitrogens with one attached hydrogen (secondary N) is 1. The molecule has 0 radical (unpaired) electrons. The lowest BCUT2D eigenvalue weighted by Gasteiger charge is -2.31. The summed E-state index contributed by atoms with van der Waals surface area (Å²) in [6.07, 6.45) is 6.65. The van der Waals surface area contributed by atoms with Crippen LogP contribution in [0.3, 0.4) is 0 Å². The Kier molecular flexibility index (Phi) is 5.37. The molecule has 1 aromatic carbocycles. The summed E-state index contributed by atoms with van der Waals surface area (Å²) in [7, 11) is 0. The fourth-order valence-electron chi connectivity index (χ4n) is 3.93. The molecule has 0 spiro atoms. The number of hydrogen-bond donors (Lipinski definition) is 1. The SMILES string of the molecule is CC(C)CC(=O)N1CCCc2cc(CC3CCCNC3)ccc21. The summed E-state index contributed by atoms with van der Waals surface area (Å²) in [5.74, 6) is 1.47. The molecule has 1 atom stereocenters. The Morgan fingerprint density at radius 3 is 2.96 bits per heavy atom. The van der Waals surface area contributed by atoms with Crippen LogP contribution in [0.15, 0.2) is 18.2 Å². The first-order valence-electron chi connectivity index (χ1n) is 9.26. The van der Waals surface area contributed by atoms with Crippen LogP contribution in [0.2, 0.25) is 0 Å². The normalized spacial score (nSPS) is 21.3. The Morgan fingerprint density at radius 2 is 2.22 bits per heavy atom. The summed E-state index contributed by atoms with van der Waals surface area (Å²) >= 11 is 0. The van der Waals surface area contributed by atoms with Crippen LogP contribution < -0.4 is 10.2 Å². The van der Waals surface area contributed by atoms with E-state index in [1.54, 1.807) is 0 Å². The molecule has 0 saturated carbocycles. The zero-order chi connectivity index (χ0) is 16.2. The van der Waals surface area contributed by atoms with Crippen molar-refractivity contribution in [1.29, 1.82) is 0 Å². The first-order valence-corrected chi connectivity index (χ1v) is 9.26. The van der Waals surface area contributed by atoms with Crippen molar-refractivity contribution in [2.75, 3.05) is 24.5 Å². The predicted molar refractivity (Wildman–Crippen MR) is 95.9 cm³/mol. The number of carbonyl (C=O) groups is 1. The Morgan fingerprint density at radius 1 is 1.35 bits per heavy atom. The summed E-state index contributed by atoms with van der Waals surface area (Å²) in [6, 6.07) is 6.80. The van der Waals surface area contributed by atoms with Crippen molar-refractivity contribution in [1.82, 2.24) is 5.32 Å². The monoisotopic (exact) mass is 314 g/mol. The predicted octanol–water partition coefficient (Wildman–Crippen LogP) is 3.55. The van der Waals surface area contributed by atoms with Crippen molar-refractivity contribution >= 4 is 11.6 Å². The number of nitrogens with zero attached hydrogens (tertiary/aromatic N) is 1. The van der Waals surface area contributed by atoms with Gasteiger partial charge in [0.05, 0.1) is 0 Å². The Hall–Kier alpha value is -1.35. The van der Waals surface area contributed by atoms with Gasteiger partial charge in [0.2, 0.25) is 5.91 Å². The number of hydrogen-bond acceptors (Lipinski definition) is 2. The molecule has 126 valence electrons. The highest BCUT2D eigenvalue weighted by atomic mass is 16.2. The molecule has 1 unspecified atom stereocenters. The molecule has 1 aromatic rings. The maximum atomic E-state index is 12.5. The number of carbonyl (C=O) groups excluding carboxylic acids is 1. The minimum absolute atomic E-state index is 0.283. The van der Waals surface area contributed by atoms with Crippen molar-refractivity contribution < 1.29 is 4.79 Å². The van der Waals surface area contributed by atoms with E-state index in [1.807, 2.05) is 4.90 Å². The molecule has 1 amide bonds. The lowest BCUT2D eigenvalue weighted by Crippen LogP contribution is -2.36. The summed E-state index contributed by atoms with van der Waals surface area (Å²) in [5, 5.41) is 3.50. The molecular formula is C20H30N2O. The zero-order valence-corrected chi connectivity index (χ0v) is 14.6. The number of anilines is 1. The van der Waals surface area contributed by atoms with E-state index in [4.69, 9.17) is 0 Å². The number of aryl methyl sites for hydroxylation is 1. The topological polar surface area (TPSA) is 32.3 Å². The van der Waals surface area contributed by atoms with Gasteiger partial charge in [0.1, 0.15) is 0 Å². The summed E-state index contributed by atoms with van der Waals surface area (Å²) < 4.78 is 0. The van der Waals surface area contributed by atoms with Gasteiger partial charge in [-0.05, 0) is 74.2 Å². The van der Waals surface area contributed by atoms with Crippen LogP contribution in [0.4, 0.5) is 5.69 Å². The van der Waals surface area contributed by atoms with Crippen molar-refractivity contribution in [2.45, 2.75) is 52.4 Å². The molecule has 2 aliphatic rings. The lowest BCUT2D eigenvalue weighted by atomic mass is 9.90. The van der Waals surface area contributed by atoms with Gasteiger partial charge < -0.3 is 10.2 Å². The third kappa shape index (κ3) is 4.14. The van der Waals surface area contributed by atoms with Gasteiger partial charge in [-0.15, -0.1) is 0 Å². The van der Waals surface area contributed by atoms with E-state index in [1.165, 1.54) is 36.9 Å². The van der Waals surface area contributed by atoms with Crippen LogP contribution in [0, 0.1) is 11.8 Å². The Balaban J connectivity index is 1.72. The number of benzene rings is 1. The van der Waals surface area contributed by atoms with Gasteiger partial charge in [-0.25, -0.2) is 0 Å². The van der Waals surface area contributed by atoms with Crippen LogP contribution >= 0.6 is 0 Å². The minimum Gasteiger partial charge on any atom is -0.316 e. The largest absolute Gasteiger partial charge is 0.316 e. The molecule has 23 heavy (non-hydrogen) atoms. The van der Waals surface area contributed by atoms with Crippen LogP contribution in [-0.2, 0) is 17.6 Å². The molecule has 0 bridgehead atoms. The first-order chi connectivity index (χ1) is 11.1. The lowest BCUT2D eigenvalue weighted by molar-refractivity contribution is -0.119. The van der Waals surface area contributed by atoms with Gasteiger partial charge in [-0.1, -0.05) is 26.0 Å². The molecule has 2 aliphatic heterocycles. The van der Waals surface area contributed by atoms with E-state index in [0.29, 0.717) is 12.3 Å². The average molecular weight is 314 g/mol. The number of amides is 1. The maximum absolute atomic E-state index is 12.5. The second-order valence-electron chi connectivity index (χ2n) is 7.63. The molecule has 3 nitrogen and oxygen atoms in total. The molecule has 1 fully saturated rings. The first kappa shape index (κ1) is 16.5. The van der Waals surface area contributed by atoms with E-state index in [2.05, 4.69) is 37.4 Å². The smallest absolute Gasteiger partial charge is 0.227 e. The van der Waals surface area contributed by atoms with Gasteiger partial charge >= 0.3 is 0 Å². The van der Waals surface area contributed by atoms with Gasteiger partial charge in [0.15, 0.2) is 0 Å². The average Bonchev–Trinajstić information content (AvgIpc) is 2.54. The molecule has 0 aromatic heterocycles.